The molecule has 0 radical (unpaired) electrons. The van der Waals surface area contributed by atoms with Gasteiger partial charge in [0.25, 0.3) is 0 Å². The van der Waals surface area contributed by atoms with E-state index in [0.717, 1.165) is 0 Å². The van der Waals surface area contributed by atoms with E-state index >= 15 is 0 Å². The first-order valence-corrected chi connectivity index (χ1v) is 7.19. The summed E-state index contributed by atoms with van der Waals surface area (Å²) >= 11 is 0. The maximum absolute atomic E-state index is 14.0. The van der Waals surface area contributed by atoms with Crippen LogP contribution in [0.1, 0.15) is 41.8 Å². The van der Waals surface area contributed by atoms with Crippen LogP contribution >= 0.6 is 0 Å². The molecule has 0 bridgehead atoms. The van der Waals surface area contributed by atoms with Crippen LogP contribution in [0.25, 0.3) is 0 Å². The van der Waals surface area contributed by atoms with Gasteiger partial charge in [-0.05, 0) is 43.9 Å². The first kappa shape index (κ1) is 16.4. The van der Waals surface area contributed by atoms with Crippen molar-refractivity contribution in [2.75, 3.05) is 11.9 Å². The van der Waals surface area contributed by atoms with Crippen LogP contribution in [0, 0.1) is 12.7 Å². The predicted molar refractivity (Wildman–Crippen MR) is 82.6 cm³/mol. The normalized spacial score (nSPS) is 20.5. The Kier molecular flexibility index (Phi) is 4.47. The molecule has 0 saturated carbocycles. The first-order valence-electron chi connectivity index (χ1n) is 7.19. The summed E-state index contributed by atoms with van der Waals surface area (Å²) < 4.78 is 19.7. The van der Waals surface area contributed by atoms with Crippen molar-refractivity contribution < 1.29 is 18.7 Å². The van der Waals surface area contributed by atoms with Crippen molar-refractivity contribution in [1.29, 1.82) is 0 Å². The van der Waals surface area contributed by atoms with E-state index in [1.165, 1.54) is 13.0 Å². The Morgan fingerprint density at radius 3 is 2.86 bits per heavy atom. The van der Waals surface area contributed by atoms with Gasteiger partial charge in [0.2, 0.25) is 5.91 Å². The minimum Gasteiger partial charge on any atom is -0.363 e. The first-order chi connectivity index (χ1) is 10.3. The summed E-state index contributed by atoms with van der Waals surface area (Å²) in [6.07, 6.45) is 2.57. The minimum atomic E-state index is -0.987. The number of Topliss-reactive ketones (excluding diaryl/α,β-unsaturated/α-hetero) is 1. The zero-order valence-corrected chi connectivity index (χ0v) is 13.1. The number of anilines is 1. The molecule has 0 fully saturated rings. The molecule has 1 unspecified atom stereocenters. The molecule has 0 heterocycles. The summed E-state index contributed by atoms with van der Waals surface area (Å²) in [5.41, 5.74) is 0.672. The molecule has 1 atom stereocenters. The van der Waals surface area contributed by atoms with E-state index in [0.29, 0.717) is 29.5 Å². The van der Waals surface area contributed by atoms with E-state index in [-0.39, 0.29) is 24.0 Å². The molecule has 1 aliphatic rings. The molecule has 118 valence electrons. The molecule has 4 nitrogen and oxygen atoms in total. The lowest BCUT2D eigenvalue weighted by Gasteiger charge is -2.34. The van der Waals surface area contributed by atoms with Crippen molar-refractivity contribution in [3.05, 3.63) is 41.2 Å². The topological polar surface area (TPSA) is 55.4 Å². The van der Waals surface area contributed by atoms with Gasteiger partial charge in [0.1, 0.15) is 11.4 Å². The molecule has 2 rings (SSSR count). The second-order valence-electron chi connectivity index (χ2n) is 5.73. The van der Waals surface area contributed by atoms with Crippen LogP contribution in [0.4, 0.5) is 10.1 Å². The zero-order valence-electron chi connectivity index (χ0n) is 13.1. The Morgan fingerprint density at radius 1 is 1.59 bits per heavy atom. The van der Waals surface area contributed by atoms with Gasteiger partial charge in [-0.25, -0.2) is 4.39 Å². The van der Waals surface area contributed by atoms with Crippen LogP contribution in [0.5, 0.6) is 0 Å². The van der Waals surface area contributed by atoms with Crippen molar-refractivity contribution in [2.45, 2.75) is 39.2 Å². The molecule has 1 aromatic rings. The van der Waals surface area contributed by atoms with Gasteiger partial charge in [0, 0.05) is 12.5 Å². The van der Waals surface area contributed by atoms with Gasteiger partial charge in [-0.2, -0.15) is 0 Å². The average molecular weight is 305 g/mol. The van der Waals surface area contributed by atoms with Crippen molar-refractivity contribution in [2.24, 2.45) is 0 Å². The van der Waals surface area contributed by atoms with Gasteiger partial charge in [0.05, 0.1) is 12.3 Å². The quantitative estimate of drug-likeness (QED) is 0.869. The number of fused-ring (bicyclic) bond motifs is 1. The van der Waals surface area contributed by atoms with Crippen molar-refractivity contribution in [3.8, 4) is 0 Å². The zero-order chi connectivity index (χ0) is 16.5. The number of hydrogen-bond donors (Lipinski definition) is 1. The van der Waals surface area contributed by atoms with Crippen LogP contribution in [0.2, 0.25) is 0 Å². The summed E-state index contributed by atoms with van der Waals surface area (Å²) in [5.74, 6) is -1.01. The number of halogens is 1. The maximum Gasteiger partial charge on any atom is 0.221 e. The SMILES string of the molecule is C=CCOC1(C)CCc2c(C)c(F)cc(NC(C)=O)c2C1=O. The monoisotopic (exact) mass is 305 g/mol. The van der Waals surface area contributed by atoms with Crippen LogP contribution in [-0.4, -0.2) is 23.9 Å². The third-order valence-electron chi connectivity index (χ3n) is 4.04. The van der Waals surface area contributed by atoms with E-state index in [4.69, 9.17) is 4.74 Å². The second-order valence-corrected chi connectivity index (χ2v) is 5.73. The Hall–Kier alpha value is -2.01. The average Bonchev–Trinajstić information content (AvgIpc) is 2.45. The number of ether oxygens (including phenoxy) is 1. The molecule has 5 heteroatoms. The summed E-state index contributed by atoms with van der Waals surface area (Å²) in [4.78, 5) is 24.2. The molecule has 0 saturated heterocycles. The number of amides is 1. The lowest BCUT2D eigenvalue weighted by Crippen LogP contribution is -2.43. The molecule has 0 aliphatic heterocycles. The lowest BCUT2D eigenvalue weighted by molar-refractivity contribution is -0.114. The molecule has 0 aromatic heterocycles. The molecule has 1 aromatic carbocycles. The highest BCUT2D eigenvalue weighted by molar-refractivity contribution is 6.10. The Balaban J connectivity index is 2.56. The fourth-order valence-corrected chi connectivity index (χ4v) is 2.78. The van der Waals surface area contributed by atoms with Crippen molar-refractivity contribution >= 4 is 17.4 Å². The molecular formula is C17H20FNO3. The van der Waals surface area contributed by atoms with Crippen molar-refractivity contribution in [1.82, 2.24) is 0 Å². The van der Waals surface area contributed by atoms with Gasteiger partial charge in [0.15, 0.2) is 5.78 Å². The molecule has 22 heavy (non-hydrogen) atoms. The highest BCUT2D eigenvalue weighted by Crippen LogP contribution is 2.38. The van der Waals surface area contributed by atoms with Gasteiger partial charge in [-0.1, -0.05) is 6.08 Å². The second kappa shape index (κ2) is 6.01. The molecule has 1 aliphatic carbocycles. The molecule has 1 N–H and O–H groups in total. The fourth-order valence-electron chi connectivity index (χ4n) is 2.78. The number of hydrogen-bond acceptors (Lipinski definition) is 3. The Labute approximate surface area is 129 Å². The molecule has 0 spiro atoms. The number of carbonyl (C=O) groups excluding carboxylic acids is 2. The predicted octanol–water partition coefficient (Wildman–Crippen LogP) is 3.18. The lowest BCUT2D eigenvalue weighted by atomic mass is 9.77. The van der Waals surface area contributed by atoms with Gasteiger partial charge in [-0.3, -0.25) is 9.59 Å². The third kappa shape index (κ3) is 2.81. The fraction of sp³-hybridized carbons (Fsp3) is 0.412. The van der Waals surface area contributed by atoms with Gasteiger partial charge >= 0.3 is 0 Å². The number of rotatable bonds is 4. The third-order valence-corrected chi connectivity index (χ3v) is 4.04. The number of benzene rings is 1. The van der Waals surface area contributed by atoms with Crippen LogP contribution in [0.15, 0.2) is 18.7 Å². The standard InChI is InChI=1S/C17H20FNO3/c1-5-8-22-17(4)7-6-12-10(2)13(18)9-14(19-11(3)20)15(12)16(17)21/h5,9H,1,6-8H2,2-4H3,(H,19,20). The number of nitrogens with one attached hydrogen (secondary N) is 1. The number of ketones is 1. The van der Waals surface area contributed by atoms with Gasteiger partial charge in [-0.15, -0.1) is 6.58 Å². The number of carbonyl (C=O) groups is 2. The van der Waals surface area contributed by atoms with E-state index in [2.05, 4.69) is 11.9 Å². The summed E-state index contributed by atoms with van der Waals surface area (Å²) in [7, 11) is 0. The molecule has 1 amide bonds. The smallest absolute Gasteiger partial charge is 0.221 e. The minimum absolute atomic E-state index is 0.212. The maximum atomic E-state index is 14.0. The van der Waals surface area contributed by atoms with Crippen LogP contribution < -0.4 is 5.32 Å². The van der Waals surface area contributed by atoms with E-state index < -0.39 is 11.4 Å². The van der Waals surface area contributed by atoms with Crippen LogP contribution in [0.3, 0.4) is 0 Å². The highest BCUT2D eigenvalue weighted by atomic mass is 19.1. The van der Waals surface area contributed by atoms with E-state index in [1.807, 2.05) is 0 Å². The summed E-state index contributed by atoms with van der Waals surface area (Å²) in [6.45, 7) is 8.53. The largest absolute Gasteiger partial charge is 0.363 e. The summed E-state index contributed by atoms with van der Waals surface area (Å²) in [6, 6.07) is 1.20. The highest BCUT2D eigenvalue weighted by Gasteiger charge is 2.41. The van der Waals surface area contributed by atoms with E-state index in [9.17, 15) is 14.0 Å². The van der Waals surface area contributed by atoms with E-state index in [1.54, 1.807) is 19.9 Å². The van der Waals surface area contributed by atoms with Crippen LogP contribution in [-0.2, 0) is 16.0 Å². The Bertz CT molecular complexity index is 654. The van der Waals surface area contributed by atoms with Crippen molar-refractivity contribution in [3.63, 3.8) is 0 Å². The Morgan fingerprint density at radius 2 is 2.27 bits per heavy atom. The van der Waals surface area contributed by atoms with Gasteiger partial charge < -0.3 is 10.1 Å². The molecular weight excluding hydrogens is 285 g/mol. The summed E-state index contributed by atoms with van der Waals surface area (Å²) in [5, 5.41) is 2.55.